The summed E-state index contributed by atoms with van der Waals surface area (Å²) in [6.45, 7) is 17.5. The summed E-state index contributed by atoms with van der Waals surface area (Å²) in [5.41, 5.74) is -0.0679. The Hall–Kier alpha value is -0.0400. The van der Waals surface area contributed by atoms with E-state index in [4.69, 9.17) is 4.74 Å². The first-order chi connectivity index (χ1) is 5.59. The van der Waals surface area contributed by atoms with E-state index in [9.17, 15) is 0 Å². The quantitative estimate of drug-likeness (QED) is 0.647. The molecule has 0 radical (unpaired) electrons. The lowest BCUT2D eigenvalue weighted by Crippen LogP contribution is -2.43. The Labute approximate surface area is 83.9 Å². The second kappa shape index (κ2) is 4.00. The minimum Gasteiger partial charge on any atom is -0.369 e. The van der Waals surface area contributed by atoms with Crippen molar-refractivity contribution < 1.29 is 4.74 Å². The second-order valence-corrected chi connectivity index (χ2v) is 5.62. The maximum absolute atomic E-state index is 6.15. The van der Waals surface area contributed by atoms with Crippen molar-refractivity contribution in [2.45, 2.75) is 66.6 Å². The van der Waals surface area contributed by atoms with Crippen LogP contribution in [0.1, 0.15) is 55.4 Å². The van der Waals surface area contributed by atoms with E-state index in [0.29, 0.717) is 11.8 Å². The maximum atomic E-state index is 6.15. The van der Waals surface area contributed by atoms with E-state index in [2.05, 4.69) is 55.4 Å². The van der Waals surface area contributed by atoms with Crippen molar-refractivity contribution >= 4 is 0 Å². The van der Waals surface area contributed by atoms with Crippen molar-refractivity contribution in [2.75, 3.05) is 0 Å². The van der Waals surface area contributed by atoms with Crippen LogP contribution in [0.2, 0.25) is 0 Å². The Balaban J connectivity index is 4.42. The highest BCUT2D eigenvalue weighted by atomic mass is 16.5. The highest BCUT2D eigenvalue weighted by molar-refractivity contribution is 4.81. The Morgan fingerprint density at radius 2 is 0.923 bits per heavy atom. The van der Waals surface area contributed by atoms with Crippen molar-refractivity contribution in [1.82, 2.24) is 0 Å². The minimum absolute atomic E-state index is 0.0340. The molecule has 0 aromatic carbocycles. The molecule has 1 nitrogen and oxygen atoms in total. The summed E-state index contributed by atoms with van der Waals surface area (Å²) in [6.07, 6.45) is 0. The summed E-state index contributed by atoms with van der Waals surface area (Å²) in [5.74, 6) is 1.09. The molecule has 0 saturated heterocycles. The summed E-state index contributed by atoms with van der Waals surface area (Å²) >= 11 is 0. The first-order valence-electron chi connectivity index (χ1n) is 5.29. The number of hydrogen-bond acceptors (Lipinski definition) is 1. The average Bonchev–Trinajstić information content (AvgIpc) is 1.83. The standard InChI is InChI=1S/C12H26O/c1-9(2)11(5,6)13-12(7,8)10(3)4/h9-10H,1-8H3. The predicted octanol–water partition coefficient (Wildman–Crippen LogP) is 3.87. The summed E-state index contributed by atoms with van der Waals surface area (Å²) in [6, 6.07) is 0. The number of rotatable bonds is 4. The van der Waals surface area contributed by atoms with Gasteiger partial charge < -0.3 is 4.74 Å². The molecule has 0 bridgehead atoms. The van der Waals surface area contributed by atoms with Gasteiger partial charge in [0.15, 0.2) is 0 Å². The molecule has 0 aromatic rings. The number of ether oxygens (including phenoxy) is 1. The Morgan fingerprint density at radius 3 is 1.08 bits per heavy atom. The van der Waals surface area contributed by atoms with Crippen LogP contribution in [0.4, 0.5) is 0 Å². The third kappa shape index (κ3) is 3.68. The van der Waals surface area contributed by atoms with Gasteiger partial charge in [0.25, 0.3) is 0 Å². The summed E-state index contributed by atoms with van der Waals surface area (Å²) in [5, 5.41) is 0. The number of hydrogen-bond donors (Lipinski definition) is 0. The molecular formula is C12H26O. The van der Waals surface area contributed by atoms with Gasteiger partial charge in [0.1, 0.15) is 0 Å². The molecule has 13 heavy (non-hydrogen) atoms. The first-order valence-corrected chi connectivity index (χ1v) is 5.29. The van der Waals surface area contributed by atoms with E-state index in [-0.39, 0.29) is 11.2 Å². The lowest BCUT2D eigenvalue weighted by Gasteiger charge is -2.41. The van der Waals surface area contributed by atoms with E-state index in [1.54, 1.807) is 0 Å². The average molecular weight is 186 g/mol. The summed E-state index contributed by atoms with van der Waals surface area (Å²) in [7, 11) is 0. The molecule has 80 valence electrons. The fourth-order valence-electron chi connectivity index (χ4n) is 0.914. The van der Waals surface area contributed by atoms with Gasteiger partial charge in [0.2, 0.25) is 0 Å². The smallest absolute Gasteiger partial charge is 0.0656 e. The van der Waals surface area contributed by atoms with E-state index >= 15 is 0 Å². The zero-order chi connectivity index (χ0) is 10.9. The van der Waals surface area contributed by atoms with Crippen LogP contribution in [0.15, 0.2) is 0 Å². The fraction of sp³-hybridized carbons (Fsp3) is 1.00. The van der Waals surface area contributed by atoms with Crippen molar-refractivity contribution in [1.29, 1.82) is 0 Å². The van der Waals surface area contributed by atoms with Gasteiger partial charge in [-0.15, -0.1) is 0 Å². The van der Waals surface area contributed by atoms with Gasteiger partial charge in [-0.3, -0.25) is 0 Å². The van der Waals surface area contributed by atoms with Gasteiger partial charge in [-0.2, -0.15) is 0 Å². The zero-order valence-corrected chi connectivity index (χ0v) is 10.6. The Morgan fingerprint density at radius 1 is 0.692 bits per heavy atom. The molecule has 0 aliphatic carbocycles. The van der Waals surface area contributed by atoms with Gasteiger partial charge in [0.05, 0.1) is 11.2 Å². The molecule has 0 aliphatic rings. The fourth-order valence-corrected chi connectivity index (χ4v) is 0.914. The van der Waals surface area contributed by atoms with Gasteiger partial charge in [0, 0.05) is 0 Å². The molecular weight excluding hydrogens is 160 g/mol. The molecule has 0 aliphatic heterocycles. The highest BCUT2D eigenvalue weighted by Crippen LogP contribution is 2.31. The normalized spacial score (nSPS) is 14.3. The lowest BCUT2D eigenvalue weighted by molar-refractivity contribution is -0.162. The second-order valence-electron chi connectivity index (χ2n) is 5.62. The third-order valence-corrected chi connectivity index (χ3v) is 3.31. The topological polar surface area (TPSA) is 9.23 Å². The summed E-state index contributed by atoms with van der Waals surface area (Å²) < 4.78 is 6.15. The van der Waals surface area contributed by atoms with Crippen LogP contribution in [-0.2, 0) is 4.74 Å². The summed E-state index contributed by atoms with van der Waals surface area (Å²) in [4.78, 5) is 0. The maximum Gasteiger partial charge on any atom is 0.0656 e. The molecule has 0 atom stereocenters. The van der Waals surface area contributed by atoms with Crippen LogP contribution in [0, 0.1) is 11.8 Å². The Bertz CT molecular complexity index is 137. The van der Waals surface area contributed by atoms with Crippen LogP contribution < -0.4 is 0 Å². The monoisotopic (exact) mass is 186 g/mol. The lowest BCUT2D eigenvalue weighted by atomic mass is 9.89. The van der Waals surface area contributed by atoms with E-state index in [1.165, 1.54) is 0 Å². The van der Waals surface area contributed by atoms with Crippen LogP contribution in [0.5, 0.6) is 0 Å². The molecule has 0 fully saturated rings. The van der Waals surface area contributed by atoms with Crippen LogP contribution in [-0.4, -0.2) is 11.2 Å². The van der Waals surface area contributed by atoms with Gasteiger partial charge in [-0.1, -0.05) is 27.7 Å². The van der Waals surface area contributed by atoms with Gasteiger partial charge >= 0.3 is 0 Å². The van der Waals surface area contributed by atoms with Crippen molar-refractivity contribution in [3.05, 3.63) is 0 Å². The molecule has 0 amide bonds. The van der Waals surface area contributed by atoms with E-state index in [0.717, 1.165) is 0 Å². The molecule has 0 aromatic heterocycles. The minimum atomic E-state index is -0.0340. The van der Waals surface area contributed by atoms with Gasteiger partial charge in [-0.05, 0) is 39.5 Å². The Kier molecular flexibility index (Phi) is 3.98. The molecule has 0 rings (SSSR count). The highest BCUT2D eigenvalue weighted by Gasteiger charge is 2.33. The third-order valence-electron chi connectivity index (χ3n) is 3.31. The van der Waals surface area contributed by atoms with Crippen LogP contribution in [0.3, 0.4) is 0 Å². The molecule has 0 saturated carbocycles. The van der Waals surface area contributed by atoms with Crippen LogP contribution in [0.25, 0.3) is 0 Å². The van der Waals surface area contributed by atoms with Crippen LogP contribution >= 0.6 is 0 Å². The predicted molar refractivity (Wildman–Crippen MR) is 58.9 cm³/mol. The molecule has 0 N–H and O–H groups in total. The SMILES string of the molecule is CC(C)C(C)(C)OC(C)(C)C(C)C. The first kappa shape index (κ1) is 13.0. The largest absolute Gasteiger partial charge is 0.369 e. The van der Waals surface area contributed by atoms with Crippen molar-refractivity contribution in [3.63, 3.8) is 0 Å². The molecule has 0 spiro atoms. The molecule has 1 heteroatoms. The molecule has 0 heterocycles. The molecule has 0 unspecified atom stereocenters. The van der Waals surface area contributed by atoms with Crippen molar-refractivity contribution in [3.8, 4) is 0 Å². The van der Waals surface area contributed by atoms with Gasteiger partial charge in [-0.25, -0.2) is 0 Å². The zero-order valence-electron chi connectivity index (χ0n) is 10.6. The van der Waals surface area contributed by atoms with Crippen molar-refractivity contribution in [2.24, 2.45) is 11.8 Å². The van der Waals surface area contributed by atoms with E-state index in [1.807, 2.05) is 0 Å². The van der Waals surface area contributed by atoms with E-state index < -0.39 is 0 Å².